The van der Waals surface area contributed by atoms with E-state index in [1.807, 2.05) is 0 Å². The Hall–Kier alpha value is -0.620. The predicted molar refractivity (Wildman–Crippen MR) is 80.1 cm³/mol. The maximum atomic E-state index is 12.2. The van der Waals surface area contributed by atoms with Gasteiger partial charge < -0.3 is 15.4 Å². The van der Waals surface area contributed by atoms with Crippen molar-refractivity contribution in [1.29, 1.82) is 0 Å². The summed E-state index contributed by atoms with van der Waals surface area (Å²) in [5.74, 6) is 0.0294. The minimum Gasteiger partial charge on any atom is -0.368 e. The average molecular weight is 305 g/mol. The van der Waals surface area contributed by atoms with Crippen molar-refractivity contribution in [3.63, 3.8) is 0 Å². The number of amides is 1. The summed E-state index contributed by atoms with van der Waals surface area (Å²) < 4.78 is 5.48. The number of piperidine rings is 1. The van der Waals surface area contributed by atoms with Gasteiger partial charge >= 0.3 is 0 Å². The molecule has 0 aliphatic carbocycles. The average Bonchev–Trinajstić information content (AvgIpc) is 2.92. The number of hydrogen-bond acceptors (Lipinski definition) is 4. The van der Waals surface area contributed by atoms with E-state index in [2.05, 4.69) is 27.5 Å². The van der Waals surface area contributed by atoms with E-state index in [-0.39, 0.29) is 18.3 Å². The monoisotopic (exact) mass is 304 g/mol. The fourth-order valence-electron chi connectivity index (χ4n) is 2.27. The van der Waals surface area contributed by atoms with Crippen molar-refractivity contribution in [3.05, 3.63) is 22.4 Å². The molecule has 0 saturated carbocycles. The van der Waals surface area contributed by atoms with E-state index in [9.17, 15) is 4.79 Å². The van der Waals surface area contributed by atoms with Gasteiger partial charge in [0.2, 0.25) is 0 Å². The van der Waals surface area contributed by atoms with Gasteiger partial charge in [0, 0.05) is 13.7 Å². The normalized spacial score (nSPS) is 17.5. The van der Waals surface area contributed by atoms with Gasteiger partial charge in [-0.25, -0.2) is 0 Å². The van der Waals surface area contributed by atoms with Gasteiger partial charge in [0.15, 0.2) is 0 Å². The van der Waals surface area contributed by atoms with E-state index in [4.69, 9.17) is 4.74 Å². The third kappa shape index (κ3) is 4.18. The third-order valence-corrected chi connectivity index (χ3v) is 4.23. The van der Waals surface area contributed by atoms with E-state index < -0.39 is 5.60 Å². The molecule has 0 atom stereocenters. The molecule has 2 N–H and O–H groups in total. The molecule has 1 aliphatic heterocycles. The highest BCUT2D eigenvalue weighted by Crippen LogP contribution is 2.22. The summed E-state index contributed by atoms with van der Waals surface area (Å²) in [6, 6.07) is 2.09. The topological polar surface area (TPSA) is 50.4 Å². The van der Waals surface area contributed by atoms with Crippen molar-refractivity contribution in [2.24, 2.45) is 0 Å². The Bertz CT molecular complexity index is 378. The largest absolute Gasteiger partial charge is 0.368 e. The molecule has 4 nitrogen and oxygen atoms in total. The second kappa shape index (κ2) is 7.85. The van der Waals surface area contributed by atoms with Crippen LogP contribution in [0.4, 0.5) is 0 Å². The van der Waals surface area contributed by atoms with Crippen molar-refractivity contribution < 1.29 is 9.53 Å². The first kappa shape index (κ1) is 16.4. The summed E-state index contributed by atoms with van der Waals surface area (Å²) in [5, 5.41) is 10.4. The summed E-state index contributed by atoms with van der Waals surface area (Å²) in [4.78, 5) is 12.2. The number of hydrogen-bond donors (Lipinski definition) is 2. The number of halogens is 1. The molecule has 2 heterocycles. The van der Waals surface area contributed by atoms with E-state index in [0.717, 1.165) is 32.4 Å². The standard InChI is InChI=1S/C13H20N2O2S.ClH/c1-17-13(4-7-14-8-5-13)12(16)15-6-2-11-3-9-18-10-11;/h3,9-10,14H,2,4-8H2,1H3,(H,15,16);1H. The van der Waals surface area contributed by atoms with Crippen LogP contribution < -0.4 is 10.6 Å². The van der Waals surface area contributed by atoms with Crippen LogP contribution in [-0.4, -0.2) is 38.3 Å². The molecule has 6 heteroatoms. The highest BCUT2D eigenvalue weighted by Gasteiger charge is 2.39. The van der Waals surface area contributed by atoms with Crippen LogP contribution in [0.3, 0.4) is 0 Å². The quantitative estimate of drug-likeness (QED) is 0.869. The number of ether oxygens (including phenoxy) is 1. The first-order valence-corrected chi connectivity index (χ1v) is 7.26. The van der Waals surface area contributed by atoms with Crippen molar-refractivity contribution in [3.8, 4) is 0 Å². The van der Waals surface area contributed by atoms with Gasteiger partial charge in [-0.15, -0.1) is 12.4 Å². The number of carbonyl (C=O) groups is 1. The first-order valence-electron chi connectivity index (χ1n) is 6.32. The lowest BCUT2D eigenvalue weighted by Gasteiger charge is -2.34. The SMILES string of the molecule is COC1(C(=O)NCCc2ccsc2)CCNCC1.Cl. The van der Waals surface area contributed by atoms with Crippen molar-refractivity contribution in [2.45, 2.75) is 24.9 Å². The molecule has 19 heavy (non-hydrogen) atoms. The van der Waals surface area contributed by atoms with Crippen LogP contribution in [0.15, 0.2) is 16.8 Å². The Morgan fingerprint density at radius 1 is 1.53 bits per heavy atom. The molecule has 2 rings (SSSR count). The lowest BCUT2D eigenvalue weighted by molar-refractivity contribution is -0.146. The zero-order chi connectivity index (χ0) is 12.8. The maximum Gasteiger partial charge on any atom is 0.252 e. The molecular formula is C13H21ClN2O2S. The summed E-state index contributed by atoms with van der Waals surface area (Å²) in [7, 11) is 1.63. The van der Waals surface area contributed by atoms with Gasteiger partial charge in [0.05, 0.1) is 0 Å². The lowest BCUT2D eigenvalue weighted by atomic mass is 9.91. The smallest absolute Gasteiger partial charge is 0.252 e. The highest BCUT2D eigenvalue weighted by atomic mass is 35.5. The van der Waals surface area contributed by atoms with Crippen LogP contribution in [0.25, 0.3) is 0 Å². The molecular weight excluding hydrogens is 284 g/mol. The van der Waals surface area contributed by atoms with Crippen LogP contribution in [0.2, 0.25) is 0 Å². The van der Waals surface area contributed by atoms with Gasteiger partial charge in [0.25, 0.3) is 5.91 Å². The molecule has 0 bridgehead atoms. The summed E-state index contributed by atoms with van der Waals surface area (Å²) in [6.45, 7) is 2.35. The lowest BCUT2D eigenvalue weighted by Crippen LogP contribution is -2.54. The van der Waals surface area contributed by atoms with Crippen LogP contribution >= 0.6 is 23.7 Å². The number of methoxy groups -OCH3 is 1. The minimum atomic E-state index is -0.625. The Kier molecular flexibility index (Phi) is 6.79. The molecule has 0 radical (unpaired) electrons. The Morgan fingerprint density at radius 2 is 2.26 bits per heavy atom. The van der Waals surface area contributed by atoms with Gasteiger partial charge in [-0.05, 0) is 54.7 Å². The van der Waals surface area contributed by atoms with Crippen LogP contribution in [0.1, 0.15) is 18.4 Å². The zero-order valence-electron chi connectivity index (χ0n) is 11.1. The van der Waals surface area contributed by atoms with Crippen LogP contribution in [-0.2, 0) is 16.0 Å². The maximum absolute atomic E-state index is 12.2. The van der Waals surface area contributed by atoms with Crippen molar-refractivity contribution in [1.82, 2.24) is 10.6 Å². The fourth-order valence-corrected chi connectivity index (χ4v) is 2.97. The molecule has 0 aromatic carbocycles. The summed E-state index contributed by atoms with van der Waals surface area (Å²) in [6.07, 6.45) is 2.37. The number of carbonyl (C=O) groups excluding carboxylic acids is 1. The van der Waals surface area contributed by atoms with Crippen molar-refractivity contribution in [2.75, 3.05) is 26.7 Å². The Labute approximate surface area is 124 Å². The number of nitrogens with one attached hydrogen (secondary N) is 2. The first-order chi connectivity index (χ1) is 8.77. The molecule has 1 fully saturated rings. The molecule has 1 saturated heterocycles. The van der Waals surface area contributed by atoms with Crippen LogP contribution in [0.5, 0.6) is 0 Å². The summed E-state index contributed by atoms with van der Waals surface area (Å²) in [5.41, 5.74) is 0.650. The predicted octanol–water partition coefficient (Wildman–Crippen LogP) is 1.60. The minimum absolute atomic E-state index is 0. The highest BCUT2D eigenvalue weighted by molar-refractivity contribution is 7.07. The van der Waals surface area contributed by atoms with Gasteiger partial charge in [-0.2, -0.15) is 11.3 Å². The van der Waals surface area contributed by atoms with Gasteiger partial charge in [-0.1, -0.05) is 0 Å². The number of rotatable bonds is 5. The van der Waals surface area contributed by atoms with E-state index in [0.29, 0.717) is 6.54 Å². The number of thiophene rings is 1. The Balaban J connectivity index is 0.00000180. The summed E-state index contributed by atoms with van der Waals surface area (Å²) >= 11 is 1.68. The molecule has 1 aliphatic rings. The second-order valence-corrected chi connectivity index (χ2v) is 5.37. The Morgan fingerprint density at radius 3 is 2.84 bits per heavy atom. The van der Waals surface area contributed by atoms with Gasteiger partial charge in [0.1, 0.15) is 5.60 Å². The third-order valence-electron chi connectivity index (χ3n) is 3.50. The molecule has 0 unspecified atom stereocenters. The fraction of sp³-hybridized carbons (Fsp3) is 0.615. The van der Waals surface area contributed by atoms with Crippen molar-refractivity contribution >= 4 is 29.7 Å². The van der Waals surface area contributed by atoms with E-state index in [1.165, 1.54) is 5.56 Å². The van der Waals surface area contributed by atoms with E-state index >= 15 is 0 Å². The molecule has 1 aromatic rings. The molecule has 108 valence electrons. The molecule has 0 spiro atoms. The van der Waals surface area contributed by atoms with Gasteiger partial charge in [-0.3, -0.25) is 4.79 Å². The molecule has 1 amide bonds. The molecule has 1 aromatic heterocycles. The van der Waals surface area contributed by atoms with E-state index in [1.54, 1.807) is 18.4 Å². The van der Waals surface area contributed by atoms with Crippen LogP contribution in [0, 0.1) is 0 Å². The second-order valence-electron chi connectivity index (χ2n) is 4.59. The zero-order valence-corrected chi connectivity index (χ0v) is 12.7.